The fourth-order valence-electron chi connectivity index (χ4n) is 2.98. The molecule has 1 fully saturated rings. The summed E-state index contributed by atoms with van der Waals surface area (Å²) in [5.74, 6) is 0.127. The molecule has 2 aromatic rings. The van der Waals surface area contributed by atoms with Gasteiger partial charge in [-0.1, -0.05) is 49.3 Å². The number of carbonyl (C=O) groups excluding carboxylic acids is 2. The van der Waals surface area contributed by atoms with Crippen LogP contribution in [0.3, 0.4) is 0 Å². The van der Waals surface area contributed by atoms with Gasteiger partial charge in [0.15, 0.2) is 5.17 Å². The lowest BCUT2D eigenvalue weighted by Crippen LogP contribution is -2.30. The molecule has 0 saturated carbocycles. The molecule has 2 aromatic carbocycles. The summed E-state index contributed by atoms with van der Waals surface area (Å²) in [6, 6.07) is 13.3. The minimum atomic E-state index is -0.485. The molecular weight excluding hydrogens is 406 g/mol. The summed E-state index contributed by atoms with van der Waals surface area (Å²) < 4.78 is 0. The largest absolute Gasteiger partial charge is 0.326 e. The maximum absolute atomic E-state index is 12.6. The number of amidine groups is 1. The molecule has 1 unspecified atom stereocenters. The van der Waals surface area contributed by atoms with E-state index in [1.807, 2.05) is 31.2 Å². The standard InChI is InChI=1S/C22H24ClN3O2S/c1-13(2)15-5-8-17(9-6-15)24-22-26(4)21(28)19(29-22)12-20(27)25-18-10-7-16(23)11-14(18)3/h5-11,13,19H,12H2,1-4H3,(H,25,27). The van der Waals surface area contributed by atoms with Gasteiger partial charge in [-0.25, -0.2) is 4.99 Å². The highest BCUT2D eigenvalue weighted by Gasteiger charge is 2.37. The van der Waals surface area contributed by atoms with Crippen molar-refractivity contribution >= 4 is 51.7 Å². The second-order valence-electron chi connectivity index (χ2n) is 7.36. The van der Waals surface area contributed by atoms with Crippen LogP contribution in [0, 0.1) is 6.92 Å². The van der Waals surface area contributed by atoms with Crippen LogP contribution in [0.25, 0.3) is 0 Å². The van der Waals surface area contributed by atoms with Crippen LogP contribution in [0.2, 0.25) is 5.02 Å². The van der Waals surface area contributed by atoms with Crippen molar-refractivity contribution in [2.45, 2.75) is 38.4 Å². The molecule has 1 aliphatic rings. The van der Waals surface area contributed by atoms with E-state index in [1.54, 1.807) is 25.2 Å². The molecule has 1 heterocycles. The summed E-state index contributed by atoms with van der Waals surface area (Å²) in [4.78, 5) is 31.1. The first kappa shape index (κ1) is 21.4. The topological polar surface area (TPSA) is 61.8 Å². The van der Waals surface area contributed by atoms with E-state index in [2.05, 4.69) is 24.2 Å². The van der Waals surface area contributed by atoms with E-state index in [-0.39, 0.29) is 18.2 Å². The summed E-state index contributed by atoms with van der Waals surface area (Å²) in [6.07, 6.45) is 0.0845. The summed E-state index contributed by atoms with van der Waals surface area (Å²) in [6.45, 7) is 6.16. The number of nitrogens with zero attached hydrogens (tertiary/aromatic N) is 2. The molecule has 0 bridgehead atoms. The molecule has 0 radical (unpaired) electrons. The highest BCUT2D eigenvalue weighted by molar-refractivity contribution is 8.15. The molecule has 29 heavy (non-hydrogen) atoms. The Labute approximate surface area is 180 Å². The van der Waals surface area contributed by atoms with Crippen molar-refractivity contribution in [2.75, 3.05) is 12.4 Å². The minimum absolute atomic E-state index is 0.0845. The molecule has 0 spiro atoms. The molecule has 0 aliphatic carbocycles. The number of rotatable bonds is 5. The molecule has 7 heteroatoms. The van der Waals surface area contributed by atoms with Gasteiger partial charge in [-0.15, -0.1) is 0 Å². The van der Waals surface area contributed by atoms with Gasteiger partial charge >= 0.3 is 0 Å². The summed E-state index contributed by atoms with van der Waals surface area (Å²) in [5, 5.41) is 3.60. The fourth-order valence-corrected chi connectivity index (χ4v) is 4.36. The third kappa shape index (κ3) is 5.19. The lowest BCUT2D eigenvalue weighted by molar-refractivity contribution is -0.127. The Bertz CT molecular complexity index is 957. The normalized spacial score (nSPS) is 18.0. The zero-order valence-electron chi connectivity index (χ0n) is 16.9. The third-order valence-corrected chi connectivity index (χ3v) is 6.22. The monoisotopic (exact) mass is 429 g/mol. The van der Waals surface area contributed by atoms with Crippen LogP contribution in [0.15, 0.2) is 47.5 Å². The second kappa shape index (κ2) is 9.01. The van der Waals surface area contributed by atoms with Crippen molar-refractivity contribution in [1.82, 2.24) is 4.90 Å². The van der Waals surface area contributed by atoms with Crippen LogP contribution in [-0.4, -0.2) is 34.2 Å². The van der Waals surface area contributed by atoms with Crippen LogP contribution in [0.1, 0.15) is 37.3 Å². The van der Waals surface area contributed by atoms with Gasteiger partial charge in [0.25, 0.3) is 0 Å². The highest BCUT2D eigenvalue weighted by Crippen LogP contribution is 2.31. The van der Waals surface area contributed by atoms with E-state index >= 15 is 0 Å². The lowest BCUT2D eigenvalue weighted by Gasteiger charge is -2.11. The fraction of sp³-hybridized carbons (Fsp3) is 0.318. The Hall–Kier alpha value is -2.31. The average Bonchev–Trinajstić information content (AvgIpc) is 2.92. The van der Waals surface area contributed by atoms with Crippen molar-refractivity contribution in [2.24, 2.45) is 4.99 Å². The molecule has 152 valence electrons. The predicted octanol–water partition coefficient (Wildman–Crippen LogP) is 5.36. The number of nitrogens with one attached hydrogen (secondary N) is 1. The van der Waals surface area contributed by atoms with Gasteiger partial charge in [-0.3, -0.25) is 14.5 Å². The maximum atomic E-state index is 12.6. The first-order valence-electron chi connectivity index (χ1n) is 9.43. The van der Waals surface area contributed by atoms with E-state index in [9.17, 15) is 9.59 Å². The Morgan fingerprint density at radius 2 is 1.93 bits per heavy atom. The number of thioether (sulfide) groups is 1. The second-order valence-corrected chi connectivity index (χ2v) is 8.96. The average molecular weight is 430 g/mol. The van der Waals surface area contributed by atoms with Gasteiger partial charge in [0.05, 0.1) is 5.69 Å². The predicted molar refractivity (Wildman–Crippen MR) is 121 cm³/mol. The number of hydrogen-bond acceptors (Lipinski definition) is 4. The molecule has 3 rings (SSSR count). The van der Waals surface area contributed by atoms with Gasteiger partial charge in [0.1, 0.15) is 5.25 Å². The van der Waals surface area contributed by atoms with Crippen molar-refractivity contribution in [3.05, 3.63) is 58.6 Å². The summed E-state index contributed by atoms with van der Waals surface area (Å²) >= 11 is 7.28. The molecule has 1 aliphatic heterocycles. The Balaban J connectivity index is 1.67. The number of hydrogen-bond donors (Lipinski definition) is 1. The molecule has 1 atom stereocenters. The summed E-state index contributed by atoms with van der Waals surface area (Å²) in [7, 11) is 1.69. The van der Waals surface area contributed by atoms with Crippen molar-refractivity contribution in [1.29, 1.82) is 0 Å². The number of aliphatic imine (C=N–C) groups is 1. The SMILES string of the molecule is Cc1cc(Cl)ccc1NC(=O)CC1SC(=Nc2ccc(C(C)C)cc2)N(C)C1=O. The zero-order valence-corrected chi connectivity index (χ0v) is 18.5. The van der Waals surface area contributed by atoms with Crippen LogP contribution in [0.4, 0.5) is 11.4 Å². The van der Waals surface area contributed by atoms with E-state index in [0.717, 1.165) is 11.3 Å². The van der Waals surface area contributed by atoms with Crippen LogP contribution < -0.4 is 5.32 Å². The molecule has 1 N–H and O–H groups in total. The summed E-state index contributed by atoms with van der Waals surface area (Å²) in [5.41, 5.74) is 3.60. The molecular formula is C22H24ClN3O2S. The van der Waals surface area contributed by atoms with E-state index in [0.29, 0.717) is 21.8 Å². The van der Waals surface area contributed by atoms with Gasteiger partial charge in [-0.2, -0.15) is 0 Å². The first-order chi connectivity index (χ1) is 13.7. The van der Waals surface area contributed by atoms with E-state index in [4.69, 9.17) is 11.6 Å². The Morgan fingerprint density at radius 1 is 1.24 bits per heavy atom. The number of halogens is 1. The molecule has 0 aromatic heterocycles. The van der Waals surface area contributed by atoms with Gasteiger partial charge < -0.3 is 5.32 Å². The quantitative estimate of drug-likeness (QED) is 0.695. The van der Waals surface area contributed by atoms with Gasteiger partial charge in [-0.05, 0) is 54.3 Å². The first-order valence-corrected chi connectivity index (χ1v) is 10.7. The van der Waals surface area contributed by atoms with Crippen LogP contribution >= 0.6 is 23.4 Å². The highest BCUT2D eigenvalue weighted by atomic mass is 35.5. The van der Waals surface area contributed by atoms with Crippen molar-refractivity contribution < 1.29 is 9.59 Å². The van der Waals surface area contributed by atoms with Crippen molar-refractivity contribution in [3.8, 4) is 0 Å². The number of amides is 2. The van der Waals surface area contributed by atoms with Crippen LogP contribution in [0.5, 0.6) is 0 Å². The minimum Gasteiger partial charge on any atom is -0.326 e. The number of carbonyl (C=O) groups is 2. The number of anilines is 1. The lowest BCUT2D eigenvalue weighted by atomic mass is 10.0. The molecule has 1 saturated heterocycles. The van der Waals surface area contributed by atoms with Gasteiger partial charge in [0, 0.05) is 24.2 Å². The van der Waals surface area contributed by atoms with Crippen molar-refractivity contribution in [3.63, 3.8) is 0 Å². The number of benzene rings is 2. The smallest absolute Gasteiger partial charge is 0.242 e. The van der Waals surface area contributed by atoms with Gasteiger partial charge in [0.2, 0.25) is 11.8 Å². The maximum Gasteiger partial charge on any atom is 0.242 e. The molecule has 2 amide bonds. The zero-order chi connectivity index (χ0) is 21.1. The van der Waals surface area contributed by atoms with Crippen LogP contribution in [-0.2, 0) is 9.59 Å². The van der Waals surface area contributed by atoms with E-state index in [1.165, 1.54) is 22.2 Å². The Kier molecular flexibility index (Phi) is 6.65. The van der Waals surface area contributed by atoms with E-state index < -0.39 is 5.25 Å². The third-order valence-electron chi connectivity index (χ3n) is 4.76. The molecule has 5 nitrogen and oxygen atoms in total. The number of aryl methyl sites for hydroxylation is 1. The Morgan fingerprint density at radius 3 is 2.55 bits per heavy atom.